The first-order valence-corrected chi connectivity index (χ1v) is 9.71. The third kappa shape index (κ3) is 4.60. The van der Waals surface area contributed by atoms with Gasteiger partial charge in [0.2, 0.25) is 5.91 Å². The second-order valence-corrected chi connectivity index (χ2v) is 7.13. The largest absolute Gasteiger partial charge is 0.375 e. The average molecular weight is 407 g/mol. The van der Waals surface area contributed by atoms with Gasteiger partial charge in [-0.05, 0) is 36.8 Å². The van der Waals surface area contributed by atoms with Gasteiger partial charge in [-0.15, -0.1) is 0 Å². The number of nitrogens with one attached hydrogen (secondary N) is 1. The molecular weight excluding hydrogens is 385 g/mol. The standard InChI is InChI=1S/C22H22FN5O2/c1-30-14-21(29)28-10-7-16(13-28)22-26-19(15-5-8-24-9-6-15)12-20(27-22)25-18-4-2-3-17(23)11-18/h2-6,8-9,11-12,16H,7,10,13-14H2,1H3,(H,25,26,27)/t16-/m1/s1. The van der Waals surface area contributed by atoms with E-state index < -0.39 is 0 Å². The monoisotopic (exact) mass is 407 g/mol. The Morgan fingerprint density at radius 3 is 2.83 bits per heavy atom. The lowest BCUT2D eigenvalue weighted by molar-refractivity contribution is -0.134. The Bertz CT molecular complexity index is 1030. The van der Waals surface area contributed by atoms with Crippen LogP contribution in [-0.4, -0.2) is 52.6 Å². The van der Waals surface area contributed by atoms with Crippen molar-refractivity contribution in [2.24, 2.45) is 0 Å². The minimum Gasteiger partial charge on any atom is -0.375 e. The van der Waals surface area contributed by atoms with Gasteiger partial charge in [0.05, 0.1) is 5.69 Å². The molecule has 1 atom stereocenters. The molecule has 1 aliphatic rings. The fourth-order valence-corrected chi connectivity index (χ4v) is 3.51. The van der Waals surface area contributed by atoms with E-state index in [2.05, 4.69) is 15.3 Å². The van der Waals surface area contributed by atoms with Crippen molar-refractivity contribution in [2.75, 3.05) is 32.1 Å². The zero-order valence-electron chi connectivity index (χ0n) is 16.6. The first kappa shape index (κ1) is 19.9. The van der Waals surface area contributed by atoms with Crippen LogP contribution < -0.4 is 5.32 Å². The highest BCUT2D eigenvalue weighted by Gasteiger charge is 2.29. The summed E-state index contributed by atoms with van der Waals surface area (Å²) in [6.45, 7) is 1.25. The molecule has 0 spiro atoms. The van der Waals surface area contributed by atoms with Gasteiger partial charge < -0.3 is 15.0 Å². The lowest BCUT2D eigenvalue weighted by Crippen LogP contribution is -2.31. The maximum absolute atomic E-state index is 13.6. The molecule has 1 saturated heterocycles. The lowest BCUT2D eigenvalue weighted by Gasteiger charge is -2.16. The first-order chi connectivity index (χ1) is 14.6. The molecule has 30 heavy (non-hydrogen) atoms. The highest BCUT2D eigenvalue weighted by molar-refractivity contribution is 5.77. The molecule has 1 aromatic carbocycles. The van der Waals surface area contributed by atoms with Gasteiger partial charge in [0.1, 0.15) is 24.1 Å². The van der Waals surface area contributed by atoms with E-state index in [0.29, 0.717) is 30.4 Å². The van der Waals surface area contributed by atoms with Crippen molar-refractivity contribution in [3.63, 3.8) is 0 Å². The maximum Gasteiger partial charge on any atom is 0.248 e. The number of carbonyl (C=O) groups excluding carboxylic acids is 1. The van der Waals surface area contributed by atoms with Crippen LogP contribution in [0.15, 0.2) is 54.9 Å². The molecule has 0 aliphatic carbocycles. The molecule has 7 nitrogen and oxygen atoms in total. The fourth-order valence-electron chi connectivity index (χ4n) is 3.51. The topological polar surface area (TPSA) is 80.2 Å². The number of hydrogen-bond acceptors (Lipinski definition) is 6. The summed E-state index contributed by atoms with van der Waals surface area (Å²) in [5.74, 6) is 0.866. The molecule has 1 fully saturated rings. The molecule has 0 unspecified atom stereocenters. The highest BCUT2D eigenvalue weighted by atomic mass is 19.1. The van der Waals surface area contributed by atoms with Crippen LogP contribution >= 0.6 is 0 Å². The summed E-state index contributed by atoms with van der Waals surface area (Å²) in [6, 6.07) is 11.8. The molecule has 0 bridgehead atoms. The average Bonchev–Trinajstić information content (AvgIpc) is 3.25. The van der Waals surface area contributed by atoms with Crippen LogP contribution in [0.3, 0.4) is 0 Å². The molecule has 0 radical (unpaired) electrons. The molecule has 154 valence electrons. The lowest BCUT2D eigenvalue weighted by atomic mass is 10.1. The second-order valence-electron chi connectivity index (χ2n) is 7.13. The molecule has 1 amide bonds. The molecule has 1 N–H and O–H groups in total. The van der Waals surface area contributed by atoms with Crippen molar-refractivity contribution < 1.29 is 13.9 Å². The smallest absolute Gasteiger partial charge is 0.248 e. The van der Waals surface area contributed by atoms with E-state index in [1.54, 1.807) is 29.4 Å². The predicted octanol–water partition coefficient (Wildman–Crippen LogP) is 3.38. The highest BCUT2D eigenvalue weighted by Crippen LogP contribution is 2.29. The summed E-state index contributed by atoms with van der Waals surface area (Å²) >= 11 is 0. The van der Waals surface area contributed by atoms with Crippen LogP contribution in [0.25, 0.3) is 11.3 Å². The van der Waals surface area contributed by atoms with E-state index in [0.717, 1.165) is 17.7 Å². The summed E-state index contributed by atoms with van der Waals surface area (Å²) in [7, 11) is 1.51. The number of likely N-dealkylation sites (tertiary alicyclic amines) is 1. The number of rotatable bonds is 6. The van der Waals surface area contributed by atoms with Gasteiger partial charge in [-0.2, -0.15) is 0 Å². The van der Waals surface area contributed by atoms with Crippen molar-refractivity contribution in [3.8, 4) is 11.3 Å². The quantitative estimate of drug-likeness (QED) is 0.675. The first-order valence-electron chi connectivity index (χ1n) is 9.71. The van der Waals surface area contributed by atoms with Crippen LogP contribution in [0.1, 0.15) is 18.2 Å². The minimum atomic E-state index is -0.327. The van der Waals surface area contributed by atoms with Gasteiger partial charge in [-0.3, -0.25) is 9.78 Å². The third-order valence-electron chi connectivity index (χ3n) is 4.99. The van der Waals surface area contributed by atoms with E-state index in [4.69, 9.17) is 9.72 Å². The second kappa shape index (κ2) is 8.96. The summed E-state index contributed by atoms with van der Waals surface area (Å²) in [5.41, 5.74) is 2.24. The zero-order chi connectivity index (χ0) is 20.9. The van der Waals surface area contributed by atoms with Crippen molar-refractivity contribution in [1.82, 2.24) is 19.9 Å². The van der Waals surface area contributed by atoms with Crippen molar-refractivity contribution in [3.05, 3.63) is 66.5 Å². The van der Waals surface area contributed by atoms with Gasteiger partial charge in [-0.1, -0.05) is 6.07 Å². The Morgan fingerprint density at radius 2 is 2.07 bits per heavy atom. The van der Waals surface area contributed by atoms with Crippen LogP contribution in [0, 0.1) is 5.82 Å². The minimum absolute atomic E-state index is 0.0145. The Kier molecular flexibility index (Phi) is 5.94. The number of amides is 1. The molecule has 1 aliphatic heterocycles. The van der Waals surface area contributed by atoms with E-state index in [1.807, 2.05) is 18.2 Å². The summed E-state index contributed by atoms with van der Waals surface area (Å²) in [6.07, 6.45) is 4.18. The predicted molar refractivity (Wildman–Crippen MR) is 111 cm³/mol. The number of carbonyl (C=O) groups is 1. The summed E-state index contributed by atoms with van der Waals surface area (Å²) in [5, 5.41) is 3.17. The zero-order valence-corrected chi connectivity index (χ0v) is 16.6. The van der Waals surface area contributed by atoms with Crippen LogP contribution in [0.4, 0.5) is 15.9 Å². The fraction of sp³-hybridized carbons (Fsp3) is 0.273. The third-order valence-corrected chi connectivity index (χ3v) is 4.99. The number of anilines is 2. The number of hydrogen-bond donors (Lipinski definition) is 1. The molecule has 3 aromatic rings. The number of halogens is 1. The number of aromatic nitrogens is 3. The van der Waals surface area contributed by atoms with Crippen molar-refractivity contribution in [2.45, 2.75) is 12.3 Å². The van der Waals surface area contributed by atoms with E-state index in [1.165, 1.54) is 19.2 Å². The number of nitrogens with zero attached hydrogens (tertiary/aromatic N) is 4. The molecule has 2 aromatic heterocycles. The van der Waals surface area contributed by atoms with Gasteiger partial charge in [0, 0.05) is 55.8 Å². The van der Waals surface area contributed by atoms with Crippen molar-refractivity contribution >= 4 is 17.4 Å². The summed E-state index contributed by atoms with van der Waals surface area (Å²) in [4.78, 5) is 27.4. The Morgan fingerprint density at radius 1 is 1.23 bits per heavy atom. The molecule has 4 rings (SSSR count). The van der Waals surface area contributed by atoms with Crippen LogP contribution in [0.5, 0.6) is 0 Å². The van der Waals surface area contributed by atoms with E-state index in [9.17, 15) is 9.18 Å². The molecule has 3 heterocycles. The van der Waals surface area contributed by atoms with Gasteiger partial charge in [0.15, 0.2) is 0 Å². The van der Waals surface area contributed by atoms with E-state index >= 15 is 0 Å². The van der Waals surface area contributed by atoms with Gasteiger partial charge in [0.25, 0.3) is 0 Å². The Balaban J connectivity index is 1.65. The number of pyridine rings is 1. The van der Waals surface area contributed by atoms with Crippen LogP contribution in [0.2, 0.25) is 0 Å². The molecule has 0 saturated carbocycles. The number of benzene rings is 1. The van der Waals surface area contributed by atoms with Gasteiger partial charge >= 0.3 is 0 Å². The van der Waals surface area contributed by atoms with E-state index in [-0.39, 0.29) is 24.2 Å². The normalized spacial score (nSPS) is 15.9. The SMILES string of the molecule is COCC(=O)N1CC[C@@H](c2nc(Nc3cccc(F)c3)cc(-c3ccncc3)n2)C1. The van der Waals surface area contributed by atoms with Gasteiger partial charge in [-0.25, -0.2) is 14.4 Å². The molecular formula is C22H22FN5O2. The maximum atomic E-state index is 13.6. The Labute approximate surface area is 174 Å². The summed E-state index contributed by atoms with van der Waals surface area (Å²) < 4.78 is 18.6. The van der Waals surface area contributed by atoms with Crippen LogP contribution in [-0.2, 0) is 9.53 Å². The van der Waals surface area contributed by atoms with Crippen molar-refractivity contribution in [1.29, 1.82) is 0 Å². The number of methoxy groups -OCH3 is 1. The Hall–Kier alpha value is -3.39. The number of ether oxygens (including phenoxy) is 1. The molecule has 8 heteroatoms.